The van der Waals surface area contributed by atoms with Crippen LogP contribution in [-0.4, -0.2) is 18.5 Å². The lowest BCUT2D eigenvalue weighted by Crippen LogP contribution is -2.35. The van der Waals surface area contributed by atoms with Gasteiger partial charge in [-0.25, -0.2) is 4.79 Å². The quantitative estimate of drug-likeness (QED) is 0.861. The lowest BCUT2D eigenvalue weighted by atomic mass is 10.1. The molecule has 1 aliphatic rings. The Kier molecular flexibility index (Phi) is 5.01. The molecule has 1 saturated heterocycles. The maximum absolute atomic E-state index is 12.1. The zero-order valence-electron chi connectivity index (χ0n) is 13.1. The summed E-state index contributed by atoms with van der Waals surface area (Å²) in [7, 11) is 0. The van der Waals surface area contributed by atoms with Crippen LogP contribution in [0.2, 0.25) is 5.02 Å². The van der Waals surface area contributed by atoms with Gasteiger partial charge >= 0.3 is 6.03 Å². The summed E-state index contributed by atoms with van der Waals surface area (Å²) < 4.78 is 0. The smallest absolute Gasteiger partial charge is 0.312 e. The first-order valence-corrected chi connectivity index (χ1v) is 8.23. The van der Waals surface area contributed by atoms with E-state index in [0.29, 0.717) is 22.8 Å². The average molecular weight is 344 g/mol. The summed E-state index contributed by atoms with van der Waals surface area (Å²) in [5.41, 5.74) is 2.05. The average Bonchev–Trinajstić information content (AvgIpc) is 2.55. The maximum atomic E-state index is 12.1. The molecule has 1 aliphatic heterocycles. The molecule has 3 rings (SSSR count). The van der Waals surface area contributed by atoms with Crippen molar-refractivity contribution in [1.82, 2.24) is 0 Å². The molecule has 2 aromatic carbocycles. The number of halogens is 1. The van der Waals surface area contributed by atoms with Gasteiger partial charge in [0.15, 0.2) is 0 Å². The Morgan fingerprint density at radius 3 is 2.42 bits per heavy atom. The number of nitrogens with one attached hydrogen (secondary N) is 2. The first kappa shape index (κ1) is 16.3. The van der Waals surface area contributed by atoms with Crippen molar-refractivity contribution in [2.75, 3.05) is 22.1 Å². The van der Waals surface area contributed by atoms with Crippen LogP contribution in [-0.2, 0) is 4.79 Å². The molecule has 0 aliphatic carbocycles. The number of urea groups is 1. The molecule has 0 spiro atoms. The van der Waals surface area contributed by atoms with Gasteiger partial charge in [-0.15, -0.1) is 0 Å². The van der Waals surface area contributed by atoms with Crippen LogP contribution in [0.4, 0.5) is 21.9 Å². The third-order valence-corrected chi connectivity index (χ3v) is 4.06. The summed E-state index contributed by atoms with van der Waals surface area (Å²) in [6, 6.07) is 13.9. The normalized spacial score (nSPS) is 14.4. The van der Waals surface area contributed by atoms with Crippen molar-refractivity contribution in [1.29, 1.82) is 0 Å². The molecule has 0 unspecified atom stereocenters. The molecule has 24 heavy (non-hydrogen) atoms. The predicted molar refractivity (Wildman–Crippen MR) is 96.7 cm³/mol. The number of amides is 3. The van der Waals surface area contributed by atoms with Crippen LogP contribution >= 0.6 is 11.6 Å². The Morgan fingerprint density at radius 1 is 1.00 bits per heavy atom. The molecule has 0 saturated carbocycles. The fourth-order valence-corrected chi connectivity index (χ4v) is 2.88. The third kappa shape index (κ3) is 4.06. The summed E-state index contributed by atoms with van der Waals surface area (Å²) in [6.07, 6.45) is 2.51. The SMILES string of the molecule is O=C(Nc1cccc(Cl)c1)Nc1cccc(N2CCCCC2=O)c1. The fourth-order valence-electron chi connectivity index (χ4n) is 2.69. The number of hydrogen-bond donors (Lipinski definition) is 2. The van der Waals surface area contributed by atoms with Crippen molar-refractivity contribution >= 4 is 40.6 Å². The van der Waals surface area contributed by atoms with Crippen molar-refractivity contribution in [2.24, 2.45) is 0 Å². The Morgan fingerprint density at radius 2 is 1.71 bits per heavy atom. The first-order chi connectivity index (χ1) is 11.6. The van der Waals surface area contributed by atoms with Gasteiger partial charge in [-0.2, -0.15) is 0 Å². The zero-order valence-corrected chi connectivity index (χ0v) is 13.8. The number of carbonyl (C=O) groups is 2. The Bertz CT molecular complexity index is 763. The van der Waals surface area contributed by atoms with E-state index in [1.54, 1.807) is 41.3 Å². The van der Waals surface area contributed by atoms with Crippen molar-refractivity contribution in [3.8, 4) is 0 Å². The summed E-state index contributed by atoms with van der Waals surface area (Å²) in [4.78, 5) is 25.9. The largest absolute Gasteiger partial charge is 0.323 e. The van der Waals surface area contributed by atoms with E-state index in [4.69, 9.17) is 11.6 Å². The summed E-state index contributed by atoms with van der Waals surface area (Å²) >= 11 is 5.90. The molecule has 5 nitrogen and oxygen atoms in total. The minimum Gasteiger partial charge on any atom is -0.312 e. The van der Waals surface area contributed by atoms with E-state index >= 15 is 0 Å². The molecule has 0 bridgehead atoms. The Balaban J connectivity index is 1.68. The molecule has 124 valence electrons. The minimum atomic E-state index is -0.362. The van der Waals surface area contributed by atoms with E-state index in [9.17, 15) is 9.59 Å². The Hall–Kier alpha value is -2.53. The van der Waals surface area contributed by atoms with Gasteiger partial charge in [-0.3, -0.25) is 4.79 Å². The number of carbonyl (C=O) groups excluding carboxylic acids is 2. The minimum absolute atomic E-state index is 0.127. The lowest BCUT2D eigenvalue weighted by molar-refractivity contribution is -0.119. The van der Waals surface area contributed by atoms with E-state index in [1.165, 1.54) is 0 Å². The van der Waals surface area contributed by atoms with Crippen LogP contribution in [0, 0.1) is 0 Å². The number of piperidine rings is 1. The molecule has 0 atom stereocenters. The first-order valence-electron chi connectivity index (χ1n) is 7.86. The van der Waals surface area contributed by atoms with Crippen LogP contribution in [0.3, 0.4) is 0 Å². The number of anilines is 3. The summed E-state index contributed by atoms with van der Waals surface area (Å²) in [5, 5.41) is 6.05. The van der Waals surface area contributed by atoms with Crippen molar-refractivity contribution in [3.63, 3.8) is 0 Å². The second kappa shape index (κ2) is 7.36. The number of nitrogens with zero attached hydrogens (tertiary/aromatic N) is 1. The third-order valence-electron chi connectivity index (χ3n) is 3.82. The van der Waals surface area contributed by atoms with Crippen LogP contribution < -0.4 is 15.5 Å². The van der Waals surface area contributed by atoms with E-state index < -0.39 is 0 Å². The molecule has 1 heterocycles. The molecule has 0 radical (unpaired) electrons. The zero-order chi connectivity index (χ0) is 16.9. The second-order valence-electron chi connectivity index (χ2n) is 5.64. The van der Waals surface area contributed by atoms with E-state index in [1.807, 2.05) is 12.1 Å². The number of hydrogen-bond acceptors (Lipinski definition) is 2. The van der Waals surface area contributed by atoms with Gasteiger partial charge in [0.1, 0.15) is 0 Å². The van der Waals surface area contributed by atoms with Crippen LogP contribution in [0.5, 0.6) is 0 Å². The molecule has 1 fully saturated rings. The van der Waals surface area contributed by atoms with Crippen LogP contribution in [0.15, 0.2) is 48.5 Å². The standard InChI is InChI=1S/C18H18ClN3O2/c19-13-5-3-6-14(11-13)20-18(24)21-15-7-4-8-16(12-15)22-10-2-1-9-17(22)23/h3-8,11-12H,1-2,9-10H2,(H2,20,21,24). The fraction of sp³-hybridized carbons (Fsp3) is 0.222. The summed E-state index contributed by atoms with van der Waals surface area (Å²) in [5.74, 6) is 0.127. The monoisotopic (exact) mass is 343 g/mol. The van der Waals surface area contributed by atoms with Crippen LogP contribution in [0.25, 0.3) is 0 Å². The van der Waals surface area contributed by atoms with Crippen molar-refractivity contribution < 1.29 is 9.59 Å². The van der Waals surface area contributed by atoms with E-state index in [0.717, 1.165) is 25.1 Å². The van der Waals surface area contributed by atoms with Gasteiger partial charge in [-0.05, 0) is 49.2 Å². The van der Waals surface area contributed by atoms with Gasteiger partial charge in [-0.1, -0.05) is 23.7 Å². The second-order valence-corrected chi connectivity index (χ2v) is 6.08. The van der Waals surface area contributed by atoms with Crippen molar-refractivity contribution in [2.45, 2.75) is 19.3 Å². The van der Waals surface area contributed by atoms with Crippen LogP contribution in [0.1, 0.15) is 19.3 Å². The van der Waals surface area contributed by atoms with Gasteiger partial charge in [0, 0.05) is 35.1 Å². The molecule has 2 aromatic rings. The molecule has 0 aromatic heterocycles. The highest BCUT2D eigenvalue weighted by Gasteiger charge is 2.19. The van der Waals surface area contributed by atoms with Gasteiger partial charge in [0.25, 0.3) is 0 Å². The molecule has 2 N–H and O–H groups in total. The number of rotatable bonds is 3. The molecule has 6 heteroatoms. The highest BCUT2D eigenvalue weighted by molar-refractivity contribution is 6.30. The van der Waals surface area contributed by atoms with E-state index in [2.05, 4.69) is 10.6 Å². The predicted octanol–water partition coefficient (Wildman–Crippen LogP) is 4.50. The van der Waals surface area contributed by atoms with Crippen molar-refractivity contribution in [3.05, 3.63) is 53.6 Å². The number of benzene rings is 2. The molecule has 3 amide bonds. The topological polar surface area (TPSA) is 61.4 Å². The Labute approximate surface area is 145 Å². The summed E-state index contributed by atoms with van der Waals surface area (Å²) in [6.45, 7) is 0.719. The highest BCUT2D eigenvalue weighted by atomic mass is 35.5. The lowest BCUT2D eigenvalue weighted by Gasteiger charge is -2.27. The highest BCUT2D eigenvalue weighted by Crippen LogP contribution is 2.24. The van der Waals surface area contributed by atoms with E-state index in [-0.39, 0.29) is 11.9 Å². The van der Waals surface area contributed by atoms with Gasteiger partial charge < -0.3 is 15.5 Å². The maximum Gasteiger partial charge on any atom is 0.323 e. The molecular formula is C18H18ClN3O2. The van der Waals surface area contributed by atoms with Gasteiger partial charge in [0.05, 0.1) is 0 Å². The molecular weight excluding hydrogens is 326 g/mol. The van der Waals surface area contributed by atoms with Gasteiger partial charge in [0.2, 0.25) is 5.91 Å².